The Balaban J connectivity index is 1.55. The molecular formula is C34H45N3O7. The van der Waals surface area contributed by atoms with Crippen LogP contribution in [0.2, 0.25) is 0 Å². The summed E-state index contributed by atoms with van der Waals surface area (Å²) in [5.74, 6) is -3.24. The highest BCUT2D eigenvalue weighted by Crippen LogP contribution is 2.53. The van der Waals surface area contributed by atoms with E-state index in [0.717, 1.165) is 24.8 Å². The van der Waals surface area contributed by atoms with E-state index in [2.05, 4.69) is 12.2 Å². The van der Waals surface area contributed by atoms with Gasteiger partial charge in [-0.1, -0.05) is 74.4 Å². The quantitative estimate of drug-likeness (QED) is 0.251. The number of ether oxygens (including phenoxy) is 2. The molecular weight excluding hydrogens is 562 g/mol. The summed E-state index contributed by atoms with van der Waals surface area (Å²) in [6.45, 7) is 5.12. The second kappa shape index (κ2) is 14.1. The van der Waals surface area contributed by atoms with Crippen LogP contribution in [0.25, 0.3) is 0 Å². The predicted molar refractivity (Wildman–Crippen MR) is 163 cm³/mol. The van der Waals surface area contributed by atoms with Crippen molar-refractivity contribution in [1.82, 2.24) is 15.1 Å². The SMILES string of the molecule is CCCCCN1CC=C[C@@]23O[C@H]4/C=C\CCC(=O)N[C@@H](C)[C@H](c5ccccc5)OC(=O)[C@H]4[C@@H]2C(=O)N(CCCCO)[C@H]3C1=O. The number of unbranched alkanes of at least 4 members (excludes halogenated alkanes) is 3. The highest BCUT2D eigenvalue weighted by molar-refractivity contribution is 5.99. The number of hydrogen-bond donors (Lipinski definition) is 2. The molecule has 10 nitrogen and oxygen atoms in total. The van der Waals surface area contributed by atoms with E-state index >= 15 is 0 Å². The number of likely N-dealkylation sites (tertiary alicyclic amines) is 1. The van der Waals surface area contributed by atoms with E-state index in [1.54, 1.807) is 28.9 Å². The summed E-state index contributed by atoms with van der Waals surface area (Å²) in [6, 6.07) is 7.78. The Morgan fingerprint density at radius 3 is 2.52 bits per heavy atom. The lowest BCUT2D eigenvalue weighted by atomic mass is 9.77. The molecule has 238 valence electrons. The molecule has 7 atom stereocenters. The van der Waals surface area contributed by atoms with Crippen LogP contribution in [0.5, 0.6) is 0 Å². The van der Waals surface area contributed by atoms with E-state index in [1.165, 1.54) is 0 Å². The molecule has 3 amide bonds. The second-order valence-corrected chi connectivity index (χ2v) is 12.3. The number of allylic oxidation sites excluding steroid dienone is 1. The number of rotatable bonds is 9. The number of aliphatic hydroxyl groups excluding tert-OH is 1. The van der Waals surface area contributed by atoms with Gasteiger partial charge in [-0.3, -0.25) is 19.2 Å². The molecule has 44 heavy (non-hydrogen) atoms. The van der Waals surface area contributed by atoms with Crippen molar-refractivity contribution in [3.63, 3.8) is 0 Å². The molecule has 2 fully saturated rings. The van der Waals surface area contributed by atoms with E-state index in [1.807, 2.05) is 42.5 Å². The maximum atomic E-state index is 14.4. The molecule has 1 aromatic rings. The standard InChI is InChI=1S/C34H45N3O7/c1-3-4-10-19-36-20-13-18-34-28(31(40)37(21-11-12-22-38)30(34)32(36)41)27-25(44-34)16-8-9-17-26(39)35-23(2)29(43-33(27)42)24-14-6-5-7-15-24/h5-8,13-16,18,23,25,27-30,38H,3-4,9-12,17,19-22H2,1-2H3,(H,35,39)/b16-8-/t23-,25-,27+,28+,29+,30-,34+/m0/s1. The van der Waals surface area contributed by atoms with Crippen LogP contribution < -0.4 is 5.32 Å². The molecule has 0 saturated carbocycles. The van der Waals surface area contributed by atoms with Crippen LogP contribution >= 0.6 is 0 Å². The molecule has 4 heterocycles. The minimum atomic E-state index is -1.35. The monoisotopic (exact) mass is 607 g/mol. The first kappa shape index (κ1) is 31.9. The number of hydrogen-bond acceptors (Lipinski definition) is 7. The lowest BCUT2D eigenvalue weighted by Crippen LogP contribution is -2.55. The topological polar surface area (TPSA) is 125 Å². The number of nitrogens with one attached hydrogen (secondary N) is 1. The largest absolute Gasteiger partial charge is 0.455 e. The minimum Gasteiger partial charge on any atom is -0.455 e. The second-order valence-electron chi connectivity index (χ2n) is 12.3. The summed E-state index contributed by atoms with van der Waals surface area (Å²) >= 11 is 0. The number of fused-ring (bicyclic) bond motifs is 2. The van der Waals surface area contributed by atoms with E-state index < -0.39 is 47.7 Å². The van der Waals surface area contributed by atoms with Crippen LogP contribution in [0.1, 0.15) is 70.5 Å². The van der Waals surface area contributed by atoms with Gasteiger partial charge < -0.3 is 29.7 Å². The van der Waals surface area contributed by atoms with Gasteiger partial charge in [0.1, 0.15) is 23.7 Å². The van der Waals surface area contributed by atoms with Crippen molar-refractivity contribution in [2.24, 2.45) is 11.8 Å². The van der Waals surface area contributed by atoms with Gasteiger partial charge in [0.2, 0.25) is 17.7 Å². The molecule has 5 rings (SSSR count). The predicted octanol–water partition coefficient (Wildman–Crippen LogP) is 3.07. The average Bonchev–Trinajstić information content (AvgIpc) is 3.40. The molecule has 4 aliphatic heterocycles. The fourth-order valence-corrected chi connectivity index (χ4v) is 7.14. The number of esters is 1. The van der Waals surface area contributed by atoms with Gasteiger partial charge in [-0.25, -0.2) is 0 Å². The highest BCUT2D eigenvalue weighted by Gasteiger charge is 2.71. The van der Waals surface area contributed by atoms with Crippen LogP contribution in [0, 0.1) is 11.8 Å². The molecule has 0 unspecified atom stereocenters. The van der Waals surface area contributed by atoms with Gasteiger partial charge >= 0.3 is 5.97 Å². The van der Waals surface area contributed by atoms with Crippen molar-refractivity contribution in [2.75, 3.05) is 26.2 Å². The van der Waals surface area contributed by atoms with E-state index in [4.69, 9.17) is 9.47 Å². The molecule has 2 saturated heterocycles. The van der Waals surface area contributed by atoms with Crippen LogP contribution in [-0.2, 0) is 28.7 Å². The smallest absolute Gasteiger partial charge is 0.313 e. The minimum absolute atomic E-state index is 0.0216. The number of aliphatic hydroxyl groups is 1. The zero-order valence-electron chi connectivity index (χ0n) is 25.7. The van der Waals surface area contributed by atoms with Crippen molar-refractivity contribution in [2.45, 2.75) is 88.7 Å². The van der Waals surface area contributed by atoms with Gasteiger partial charge in [-0.15, -0.1) is 0 Å². The molecule has 0 aliphatic carbocycles. The Morgan fingerprint density at radius 2 is 1.77 bits per heavy atom. The maximum Gasteiger partial charge on any atom is 0.313 e. The van der Waals surface area contributed by atoms with Crippen LogP contribution in [0.4, 0.5) is 0 Å². The van der Waals surface area contributed by atoms with Gasteiger partial charge in [-0.05, 0) is 38.2 Å². The fourth-order valence-electron chi connectivity index (χ4n) is 7.14. The third-order valence-electron chi connectivity index (χ3n) is 9.27. The Hall–Kier alpha value is -3.50. The molecule has 1 spiro atoms. The Labute approximate surface area is 259 Å². The highest BCUT2D eigenvalue weighted by atomic mass is 16.6. The Bertz CT molecular complexity index is 1270. The zero-order valence-corrected chi connectivity index (χ0v) is 25.7. The van der Waals surface area contributed by atoms with Crippen molar-refractivity contribution in [3.05, 3.63) is 60.2 Å². The number of carbonyl (C=O) groups excluding carboxylic acids is 4. The maximum absolute atomic E-state index is 14.4. The van der Waals surface area contributed by atoms with Crippen molar-refractivity contribution >= 4 is 23.7 Å². The van der Waals surface area contributed by atoms with Crippen LogP contribution in [0.15, 0.2) is 54.6 Å². The Kier molecular flexibility index (Phi) is 10.2. The average molecular weight is 608 g/mol. The van der Waals surface area contributed by atoms with Gasteiger partial charge in [0, 0.05) is 32.7 Å². The first-order chi connectivity index (χ1) is 21.3. The molecule has 0 aromatic heterocycles. The number of amides is 3. The first-order valence-corrected chi connectivity index (χ1v) is 16.1. The van der Waals surface area contributed by atoms with E-state index in [9.17, 15) is 24.3 Å². The lowest BCUT2D eigenvalue weighted by Gasteiger charge is -2.35. The van der Waals surface area contributed by atoms with E-state index in [-0.39, 0.29) is 37.3 Å². The van der Waals surface area contributed by atoms with Crippen LogP contribution in [0.3, 0.4) is 0 Å². The zero-order chi connectivity index (χ0) is 31.3. The summed E-state index contributed by atoms with van der Waals surface area (Å²) in [5, 5.41) is 12.4. The number of cyclic esters (lactones) is 1. The molecule has 2 N–H and O–H groups in total. The molecule has 0 bridgehead atoms. The first-order valence-electron chi connectivity index (χ1n) is 16.1. The summed E-state index contributed by atoms with van der Waals surface area (Å²) in [6.07, 6.45) is 10.2. The Morgan fingerprint density at radius 1 is 1.00 bits per heavy atom. The third-order valence-corrected chi connectivity index (χ3v) is 9.27. The number of nitrogens with zero attached hydrogens (tertiary/aromatic N) is 2. The van der Waals surface area contributed by atoms with E-state index in [0.29, 0.717) is 32.4 Å². The van der Waals surface area contributed by atoms with Gasteiger partial charge in [0.15, 0.2) is 0 Å². The van der Waals surface area contributed by atoms with Crippen molar-refractivity contribution in [1.29, 1.82) is 0 Å². The summed E-state index contributed by atoms with van der Waals surface area (Å²) in [5.41, 5.74) is -0.631. The summed E-state index contributed by atoms with van der Waals surface area (Å²) in [7, 11) is 0. The van der Waals surface area contributed by atoms with Crippen molar-refractivity contribution < 1.29 is 33.8 Å². The van der Waals surface area contributed by atoms with Gasteiger partial charge in [0.25, 0.3) is 0 Å². The molecule has 10 heteroatoms. The van der Waals surface area contributed by atoms with Crippen LogP contribution in [-0.4, -0.2) is 88.6 Å². The summed E-state index contributed by atoms with van der Waals surface area (Å²) in [4.78, 5) is 59.0. The third kappa shape index (κ3) is 6.19. The number of benzene rings is 1. The molecule has 0 radical (unpaired) electrons. The lowest BCUT2D eigenvalue weighted by molar-refractivity contribution is -0.161. The van der Waals surface area contributed by atoms with Gasteiger partial charge in [0.05, 0.1) is 18.1 Å². The summed E-state index contributed by atoms with van der Waals surface area (Å²) < 4.78 is 13.0. The van der Waals surface area contributed by atoms with Gasteiger partial charge in [-0.2, -0.15) is 0 Å². The fraction of sp³-hybridized carbons (Fsp3) is 0.588. The normalized spacial score (nSPS) is 33.0. The molecule has 4 aliphatic rings. The molecule has 1 aromatic carbocycles. The van der Waals surface area contributed by atoms with Crippen molar-refractivity contribution in [3.8, 4) is 0 Å². The number of carbonyl (C=O) groups is 4.